The van der Waals surface area contributed by atoms with Gasteiger partial charge in [0.15, 0.2) is 0 Å². The lowest BCUT2D eigenvalue weighted by atomic mass is 9.85. The molecule has 1 aromatic heterocycles. The summed E-state index contributed by atoms with van der Waals surface area (Å²) < 4.78 is 12.1. The number of carbonyl (C=O) groups is 5. The van der Waals surface area contributed by atoms with E-state index < -0.39 is 64.7 Å². The maximum atomic E-state index is 14.4. The zero-order valence-corrected chi connectivity index (χ0v) is 30.3. The van der Waals surface area contributed by atoms with E-state index in [0.29, 0.717) is 24.7 Å². The Bertz CT molecular complexity index is 1610. The summed E-state index contributed by atoms with van der Waals surface area (Å²) in [4.78, 5) is 73.6. The standard InChI is InChI=1S/C37H52N6O7/c1-8-49-24-13-14-26-22(18-24)15-16-38-33(26)50-25-19-28(31(45)40-27(17-21-9-10-21)29(44)32(46)39-23-11-12-23)43(20-25)34(47)30(36(2,3)4)41-35(48)42-37(5,6)7/h13-16,18,21,23,25,27-28,30H,8-12,17,19-20H2,1-7H3,(H,39,46)(H,40,45)(H2,41,42,48)/t25?,27-,28-,30+/m0/s1. The molecule has 1 aromatic carbocycles. The van der Waals surface area contributed by atoms with Crippen LogP contribution in [-0.4, -0.2) is 88.4 Å². The summed E-state index contributed by atoms with van der Waals surface area (Å²) in [5.74, 6) is -1.10. The van der Waals surface area contributed by atoms with Crippen molar-refractivity contribution in [2.75, 3.05) is 13.2 Å². The molecule has 13 heteroatoms. The molecule has 3 fully saturated rings. The number of pyridine rings is 1. The van der Waals surface area contributed by atoms with Gasteiger partial charge in [-0.3, -0.25) is 19.2 Å². The van der Waals surface area contributed by atoms with Crippen molar-refractivity contribution < 1.29 is 33.4 Å². The van der Waals surface area contributed by atoms with E-state index in [2.05, 4.69) is 26.3 Å². The second kappa shape index (κ2) is 14.8. The first-order valence-corrected chi connectivity index (χ1v) is 17.7. The minimum Gasteiger partial charge on any atom is -0.494 e. The molecule has 1 saturated heterocycles. The lowest BCUT2D eigenvalue weighted by Crippen LogP contribution is -2.61. The van der Waals surface area contributed by atoms with Crippen LogP contribution < -0.4 is 30.7 Å². The van der Waals surface area contributed by atoms with Gasteiger partial charge in [0.2, 0.25) is 23.5 Å². The molecular weight excluding hydrogens is 640 g/mol. The molecule has 2 heterocycles. The topological polar surface area (TPSA) is 168 Å². The molecule has 2 aliphatic carbocycles. The van der Waals surface area contributed by atoms with Gasteiger partial charge < -0.3 is 35.6 Å². The normalized spacial score (nSPS) is 20.4. The first kappa shape index (κ1) is 36.9. The van der Waals surface area contributed by atoms with Crippen molar-refractivity contribution in [3.8, 4) is 11.6 Å². The molecule has 4 atom stereocenters. The predicted octanol–water partition coefficient (Wildman–Crippen LogP) is 3.63. The number of urea groups is 1. The minimum atomic E-state index is -1.04. The average molecular weight is 693 g/mol. The first-order valence-electron chi connectivity index (χ1n) is 17.7. The Hall–Kier alpha value is -4.42. The maximum absolute atomic E-state index is 14.4. The van der Waals surface area contributed by atoms with E-state index in [0.717, 1.165) is 36.5 Å². The third kappa shape index (κ3) is 9.63. The monoisotopic (exact) mass is 692 g/mol. The van der Waals surface area contributed by atoms with Crippen LogP contribution in [0.4, 0.5) is 4.79 Å². The quantitative estimate of drug-likeness (QED) is 0.231. The van der Waals surface area contributed by atoms with Gasteiger partial charge in [-0.1, -0.05) is 33.6 Å². The Morgan fingerprint density at radius 1 is 0.980 bits per heavy atom. The van der Waals surface area contributed by atoms with E-state index in [1.54, 1.807) is 6.20 Å². The number of carbonyl (C=O) groups excluding carboxylic acids is 5. The second-order valence-corrected chi connectivity index (χ2v) is 15.9. The molecule has 5 amide bonds. The lowest BCUT2D eigenvalue weighted by Gasteiger charge is -2.36. The SMILES string of the molecule is CCOc1ccc2c(OC3C[C@@H](C(=O)N[C@@H](CC4CC4)C(=O)C(=O)NC4CC4)N(C(=O)[C@@H](NC(=O)NC(C)(C)C)C(C)(C)C)C3)nccc2c1. The molecular formula is C37H52N6O7. The number of ketones is 1. The Labute approximate surface area is 294 Å². The number of rotatable bonds is 13. The van der Waals surface area contributed by atoms with Crippen molar-refractivity contribution in [1.29, 1.82) is 0 Å². The summed E-state index contributed by atoms with van der Waals surface area (Å²) in [6.07, 6.45) is 4.95. The van der Waals surface area contributed by atoms with Crippen LogP contribution in [0.2, 0.25) is 0 Å². The molecule has 13 nitrogen and oxygen atoms in total. The number of nitrogens with one attached hydrogen (secondary N) is 4. The van der Waals surface area contributed by atoms with Crippen LogP contribution in [0.3, 0.4) is 0 Å². The highest BCUT2D eigenvalue weighted by atomic mass is 16.5. The smallest absolute Gasteiger partial charge is 0.315 e. The van der Waals surface area contributed by atoms with Crippen LogP contribution in [0.25, 0.3) is 10.8 Å². The van der Waals surface area contributed by atoms with Crippen molar-refractivity contribution in [3.05, 3.63) is 30.5 Å². The Kier molecular flexibility index (Phi) is 10.9. The first-order chi connectivity index (χ1) is 23.5. The highest BCUT2D eigenvalue weighted by Gasteiger charge is 2.47. The fraction of sp³-hybridized carbons (Fsp3) is 0.622. The van der Waals surface area contributed by atoms with Gasteiger partial charge in [-0.15, -0.1) is 0 Å². The Balaban J connectivity index is 1.41. The second-order valence-electron chi connectivity index (χ2n) is 15.9. The van der Waals surface area contributed by atoms with E-state index in [-0.39, 0.29) is 24.9 Å². The Morgan fingerprint density at radius 2 is 1.70 bits per heavy atom. The molecule has 2 aromatic rings. The largest absolute Gasteiger partial charge is 0.494 e. The number of nitrogens with zero attached hydrogens (tertiary/aromatic N) is 2. The number of amides is 5. The average Bonchev–Trinajstić information content (AvgIpc) is 3.97. The summed E-state index contributed by atoms with van der Waals surface area (Å²) in [5.41, 5.74) is -1.28. The number of hydrogen-bond acceptors (Lipinski definition) is 8. The fourth-order valence-corrected chi connectivity index (χ4v) is 6.16. The van der Waals surface area contributed by atoms with E-state index in [9.17, 15) is 24.0 Å². The molecule has 0 radical (unpaired) electrons. The van der Waals surface area contributed by atoms with Crippen LogP contribution in [0.5, 0.6) is 11.6 Å². The third-order valence-corrected chi connectivity index (χ3v) is 9.05. The molecule has 1 aliphatic heterocycles. The van der Waals surface area contributed by atoms with Crippen LogP contribution in [0, 0.1) is 11.3 Å². The number of hydrogen-bond donors (Lipinski definition) is 4. The summed E-state index contributed by atoms with van der Waals surface area (Å²) >= 11 is 0. The molecule has 3 aliphatic rings. The minimum absolute atomic E-state index is 0.00432. The number of Topliss-reactive ketones (excluding diaryl/α,β-unsaturated/α-hetero) is 1. The van der Waals surface area contributed by atoms with Crippen LogP contribution in [-0.2, 0) is 19.2 Å². The number of benzene rings is 1. The van der Waals surface area contributed by atoms with Crippen LogP contribution >= 0.6 is 0 Å². The summed E-state index contributed by atoms with van der Waals surface area (Å²) in [6.45, 7) is 13.5. The molecule has 0 bridgehead atoms. The van der Waals surface area contributed by atoms with Crippen molar-refractivity contribution in [2.24, 2.45) is 11.3 Å². The van der Waals surface area contributed by atoms with Gasteiger partial charge in [0.25, 0.3) is 5.91 Å². The molecule has 4 N–H and O–H groups in total. The number of likely N-dealkylation sites (tertiary alicyclic amines) is 1. The lowest BCUT2D eigenvalue weighted by molar-refractivity contribution is -0.144. The van der Waals surface area contributed by atoms with E-state index in [1.807, 2.05) is 72.7 Å². The van der Waals surface area contributed by atoms with Gasteiger partial charge >= 0.3 is 6.03 Å². The van der Waals surface area contributed by atoms with Crippen molar-refractivity contribution in [2.45, 2.75) is 123 Å². The van der Waals surface area contributed by atoms with Crippen molar-refractivity contribution >= 4 is 40.3 Å². The molecule has 0 spiro atoms. The van der Waals surface area contributed by atoms with E-state index in [4.69, 9.17) is 9.47 Å². The fourth-order valence-electron chi connectivity index (χ4n) is 6.16. The van der Waals surface area contributed by atoms with Gasteiger partial charge in [0.1, 0.15) is 23.9 Å². The van der Waals surface area contributed by atoms with Gasteiger partial charge in [0.05, 0.1) is 19.2 Å². The van der Waals surface area contributed by atoms with Crippen molar-refractivity contribution in [3.63, 3.8) is 0 Å². The van der Waals surface area contributed by atoms with E-state index >= 15 is 0 Å². The van der Waals surface area contributed by atoms with E-state index in [1.165, 1.54) is 4.90 Å². The number of aromatic nitrogens is 1. The molecule has 272 valence electrons. The van der Waals surface area contributed by atoms with Gasteiger partial charge in [0, 0.05) is 29.6 Å². The third-order valence-electron chi connectivity index (χ3n) is 9.05. The molecule has 1 unspecified atom stereocenters. The van der Waals surface area contributed by atoms with Gasteiger partial charge in [-0.05, 0) is 87.9 Å². The summed E-state index contributed by atoms with van der Waals surface area (Å²) in [6, 6.07) is 3.87. The molecule has 50 heavy (non-hydrogen) atoms. The summed E-state index contributed by atoms with van der Waals surface area (Å²) in [5, 5.41) is 12.9. The molecule has 5 rings (SSSR count). The number of ether oxygens (including phenoxy) is 2. The summed E-state index contributed by atoms with van der Waals surface area (Å²) in [7, 11) is 0. The maximum Gasteiger partial charge on any atom is 0.315 e. The van der Waals surface area contributed by atoms with Gasteiger partial charge in [-0.25, -0.2) is 9.78 Å². The Morgan fingerprint density at radius 3 is 2.32 bits per heavy atom. The predicted molar refractivity (Wildman–Crippen MR) is 188 cm³/mol. The zero-order chi connectivity index (χ0) is 36.4. The molecule has 2 saturated carbocycles. The van der Waals surface area contributed by atoms with Crippen LogP contribution in [0.1, 0.15) is 87.0 Å². The highest BCUT2D eigenvalue weighted by Crippen LogP contribution is 2.35. The van der Waals surface area contributed by atoms with Gasteiger partial charge in [-0.2, -0.15) is 0 Å². The zero-order valence-electron chi connectivity index (χ0n) is 30.3. The van der Waals surface area contributed by atoms with Crippen LogP contribution in [0.15, 0.2) is 30.5 Å². The number of fused-ring (bicyclic) bond motifs is 1. The highest BCUT2D eigenvalue weighted by molar-refractivity contribution is 6.38. The van der Waals surface area contributed by atoms with Crippen molar-refractivity contribution in [1.82, 2.24) is 31.2 Å².